The Labute approximate surface area is 247 Å². The second-order valence-corrected chi connectivity index (χ2v) is 12.1. The molecule has 3 aromatic rings. The number of benzene rings is 2. The zero-order valence-electron chi connectivity index (χ0n) is 20.2. The van der Waals surface area contributed by atoms with Gasteiger partial charge in [0, 0.05) is 10.0 Å². The van der Waals surface area contributed by atoms with Crippen molar-refractivity contribution in [2.45, 2.75) is 32.7 Å². The van der Waals surface area contributed by atoms with Gasteiger partial charge < -0.3 is 14.6 Å². The van der Waals surface area contributed by atoms with E-state index in [1.165, 1.54) is 11.3 Å². The number of fused-ring (bicyclic) bond motifs is 1. The van der Waals surface area contributed by atoms with E-state index in [1.807, 2.05) is 41.6 Å². The summed E-state index contributed by atoms with van der Waals surface area (Å²) in [5.74, 6) is 0.177. The molecule has 1 aliphatic heterocycles. The number of rotatable bonds is 7. The molecule has 0 unspecified atom stereocenters. The molecule has 1 atom stereocenters. The van der Waals surface area contributed by atoms with Gasteiger partial charge in [-0.2, -0.15) is 0 Å². The molecule has 0 fully saturated rings. The Morgan fingerprint density at radius 1 is 1.27 bits per heavy atom. The first-order valence-corrected chi connectivity index (χ1v) is 14.9. The monoisotopic (exact) mass is 760 g/mol. The summed E-state index contributed by atoms with van der Waals surface area (Å²) in [6, 6.07) is 8.26. The summed E-state index contributed by atoms with van der Waals surface area (Å²) in [4.78, 5) is 32.5. The van der Waals surface area contributed by atoms with Crippen LogP contribution in [0.2, 0.25) is 0 Å². The van der Waals surface area contributed by atoms with E-state index in [0.29, 0.717) is 46.4 Å². The first kappa shape index (κ1) is 28.1. The standard InChI is InChI=1S/C26H23Br2IN2O5S/c1-4-6-18-21(25(34)36-5-2)22(15-12-14(27)7-8-19(15)35-3)31-24(33)20(37-26(31)30-18)11-13-9-16(28)23(32)17(29)10-13/h7-12,22,32H,4-6H2,1-3H3/b20-11+/t22-/m0/s1. The van der Waals surface area contributed by atoms with Crippen LogP contribution in [0, 0.1) is 3.57 Å². The molecule has 11 heteroatoms. The highest BCUT2D eigenvalue weighted by Gasteiger charge is 2.36. The van der Waals surface area contributed by atoms with Crippen LogP contribution in [-0.4, -0.2) is 29.4 Å². The Balaban J connectivity index is 2.05. The molecule has 7 nitrogen and oxygen atoms in total. The summed E-state index contributed by atoms with van der Waals surface area (Å²) in [5.41, 5.74) is 2.04. The minimum Gasteiger partial charge on any atom is -0.506 e. The van der Waals surface area contributed by atoms with Gasteiger partial charge in [0.25, 0.3) is 5.56 Å². The van der Waals surface area contributed by atoms with E-state index < -0.39 is 12.0 Å². The minimum absolute atomic E-state index is 0.143. The van der Waals surface area contributed by atoms with Gasteiger partial charge in [-0.1, -0.05) is 40.6 Å². The van der Waals surface area contributed by atoms with Crippen molar-refractivity contribution < 1.29 is 19.4 Å². The topological polar surface area (TPSA) is 90.1 Å². The molecule has 0 amide bonds. The van der Waals surface area contributed by atoms with Gasteiger partial charge in [-0.15, -0.1) is 0 Å². The number of halogens is 3. The number of esters is 1. The number of carbonyl (C=O) groups excluding carboxylic acids is 1. The maximum Gasteiger partial charge on any atom is 0.338 e. The van der Waals surface area contributed by atoms with Crippen LogP contribution in [0.3, 0.4) is 0 Å². The number of hydrogen-bond donors (Lipinski definition) is 1. The van der Waals surface area contributed by atoms with E-state index in [-0.39, 0.29) is 17.9 Å². The third-order valence-corrected chi connectivity index (χ3v) is 8.62. The van der Waals surface area contributed by atoms with Gasteiger partial charge in [0.15, 0.2) is 4.80 Å². The van der Waals surface area contributed by atoms with Crippen molar-refractivity contribution in [2.24, 2.45) is 4.99 Å². The lowest BCUT2D eigenvalue weighted by molar-refractivity contribution is -0.139. The molecule has 0 aliphatic carbocycles. The Bertz CT molecular complexity index is 1570. The summed E-state index contributed by atoms with van der Waals surface area (Å²) < 4.78 is 15.1. The quantitative estimate of drug-likeness (QED) is 0.257. The van der Waals surface area contributed by atoms with Crippen molar-refractivity contribution in [1.82, 2.24) is 4.57 Å². The fourth-order valence-corrected chi connectivity index (χ4v) is 7.05. The van der Waals surface area contributed by atoms with Crippen LogP contribution in [0.25, 0.3) is 6.08 Å². The molecule has 2 aromatic carbocycles. The predicted octanol–water partition coefficient (Wildman–Crippen LogP) is 5.42. The van der Waals surface area contributed by atoms with Crippen LogP contribution in [0.15, 0.2) is 60.3 Å². The molecule has 0 saturated carbocycles. The van der Waals surface area contributed by atoms with Crippen LogP contribution < -0.4 is 19.6 Å². The van der Waals surface area contributed by atoms with Crippen molar-refractivity contribution in [3.63, 3.8) is 0 Å². The number of nitrogens with zero attached hydrogens (tertiary/aromatic N) is 2. The second kappa shape index (κ2) is 11.8. The van der Waals surface area contributed by atoms with Crippen molar-refractivity contribution in [3.8, 4) is 11.5 Å². The van der Waals surface area contributed by atoms with E-state index in [1.54, 1.807) is 42.9 Å². The Hall–Kier alpha value is -1.96. The minimum atomic E-state index is -0.779. The van der Waals surface area contributed by atoms with Crippen molar-refractivity contribution >= 4 is 77.8 Å². The maximum absolute atomic E-state index is 13.9. The number of thiazole rings is 1. The number of ether oxygens (including phenoxy) is 2. The van der Waals surface area contributed by atoms with Gasteiger partial charge in [0.2, 0.25) is 0 Å². The molecule has 0 bridgehead atoms. The maximum atomic E-state index is 13.9. The third-order valence-electron chi connectivity index (χ3n) is 5.72. The first-order valence-electron chi connectivity index (χ1n) is 11.4. The summed E-state index contributed by atoms with van der Waals surface area (Å²) in [6.45, 7) is 3.96. The molecule has 1 aliphatic rings. The lowest BCUT2D eigenvalue weighted by Gasteiger charge is -2.27. The Morgan fingerprint density at radius 3 is 2.68 bits per heavy atom. The number of allylic oxidation sites excluding steroid dienone is 1. The van der Waals surface area contributed by atoms with Crippen molar-refractivity contribution in [3.05, 3.63) is 84.9 Å². The second-order valence-electron chi connectivity index (χ2n) is 8.13. The molecule has 0 radical (unpaired) electrons. The molecular weight excluding hydrogens is 739 g/mol. The van der Waals surface area contributed by atoms with Crippen molar-refractivity contribution in [1.29, 1.82) is 0 Å². The van der Waals surface area contributed by atoms with Crippen LogP contribution in [-0.2, 0) is 9.53 Å². The molecule has 0 spiro atoms. The highest BCUT2D eigenvalue weighted by Crippen LogP contribution is 2.38. The fourth-order valence-electron chi connectivity index (χ4n) is 4.15. The van der Waals surface area contributed by atoms with Crippen LogP contribution >= 0.6 is 65.8 Å². The average molecular weight is 762 g/mol. The zero-order chi connectivity index (χ0) is 26.9. The molecular formula is C26H23Br2IN2O5S. The van der Waals surface area contributed by atoms with E-state index in [0.717, 1.165) is 16.5 Å². The van der Waals surface area contributed by atoms with Gasteiger partial charge in [0.05, 0.1) is 37.6 Å². The largest absolute Gasteiger partial charge is 0.506 e. The highest BCUT2D eigenvalue weighted by molar-refractivity contribution is 14.1. The molecule has 2 heterocycles. The number of aromatic hydroxyl groups is 1. The number of phenols is 1. The van der Waals surface area contributed by atoms with E-state index in [9.17, 15) is 14.7 Å². The third kappa shape index (κ3) is 5.59. The van der Waals surface area contributed by atoms with Gasteiger partial charge in [-0.25, -0.2) is 9.79 Å². The molecule has 37 heavy (non-hydrogen) atoms. The van der Waals surface area contributed by atoms with Gasteiger partial charge in [0.1, 0.15) is 17.5 Å². The predicted molar refractivity (Wildman–Crippen MR) is 159 cm³/mol. The smallest absolute Gasteiger partial charge is 0.338 e. The highest BCUT2D eigenvalue weighted by atomic mass is 127. The van der Waals surface area contributed by atoms with E-state index in [4.69, 9.17) is 14.5 Å². The molecule has 194 valence electrons. The van der Waals surface area contributed by atoms with Crippen LogP contribution in [0.5, 0.6) is 11.5 Å². The lowest BCUT2D eigenvalue weighted by Crippen LogP contribution is -2.40. The van der Waals surface area contributed by atoms with Crippen LogP contribution in [0.4, 0.5) is 0 Å². The fraction of sp³-hybridized carbons (Fsp3) is 0.269. The first-order chi connectivity index (χ1) is 17.7. The molecule has 1 aromatic heterocycles. The lowest BCUT2D eigenvalue weighted by atomic mass is 9.93. The molecule has 1 N–H and O–H groups in total. The van der Waals surface area contributed by atoms with E-state index >= 15 is 0 Å². The number of phenolic OH excluding ortho intramolecular Hbond substituents is 1. The summed E-state index contributed by atoms with van der Waals surface area (Å²) >= 11 is 10.2. The summed E-state index contributed by atoms with van der Waals surface area (Å²) in [6.07, 6.45) is 3.08. The number of carbonyl (C=O) groups is 1. The number of aromatic nitrogens is 1. The zero-order valence-corrected chi connectivity index (χ0v) is 26.3. The van der Waals surface area contributed by atoms with Gasteiger partial charge in [-0.05, 0) is 93.8 Å². The number of methoxy groups -OCH3 is 1. The van der Waals surface area contributed by atoms with Crippen LogP contribution in [0.1, 0.15) is 43.9 Å². The van der Waals surface area contributed by atoms with Gasteiger partial charge in [-0.3, -0.25) is 9.36 Å². The summed E-state index contributed by atoms with van der Waals surface area (Å²) in [5, 5.41) is 10.1. The van der Waals surface area contributed by atoms with E-state index in [2.05, 4.69) is 31.9 Å². The Kier molecular flexibility index (Phi) is 8.97. The number of hydrogen-bond acceptors (Lipinski definition) is 7. The normalized spacial score (nSPS) is 15.4. The molecule has 4 rings (SSSR count). The van der Waals surface area contributed by atoms with Crippen molar-refractivity contribution in [2.75, 3.05) is 13.7 Å². The van der Waals surface area contributed by atoms with Gasteiger partial charge >= 0.3 is 5.97 Å². The SMILES string of the molecule is CCCC1=C(C(=O)OCC)[C@H](c2cc(Br)ccc2OC)n2c(s/c(=C/c3cc(Br)c(O)c(I)c3)c2=O)=N1. The molecule has 0 saturated heterocycles. The average Bonchev–Trinajstić information content (AvgIpc) is 3.16. The summed E-state index contributed by atoms with van der Waals surface area (Å²) in [7, 11) is 1.56. The Morgan fingerprint density at radius 2 is 2.03 bits per heavy atom.